The van der Waals surface area contributed by atoms with E-state index in [1.807, 2.05) is 0 Å². The van der Waals surface area contributed by atoms with Gasteiger partial charge >= 0.3 is 0 Å². The van der Waals surface area contributed by atoms with Crippen LogP contribution in [0.25, 0.3) is 0 Å². The van der Waals surface area contributed by atoms with Crippen molar-refractivity contribution in [2.45, 2.75) is 18.6 Å². The SMILES string of the molecule is NC(=O)c1ccc(F)cc1C(O)C(O)CCS. The van der Waals surface area contributed by atoms with Gasteiger partial charge in [0.15, 0.2) is 0 Å². The number of primary amides is 1. The molecule has 0 radical (unpaired) electrons. The Hall–Kier alpha value is -1.11. The average molecular weight is 259 g/mol. The van der Waals surface area contributed by atoms with Crippen LogP contribution in [0.3, 0.4) is 0 Å². The van der Waals surface area contributed by atoms with Crippen LogP contribution in [0.5, 0.6) is 0 Å². The van der Waals surface area contributed by atoms with Crippen molar-refractivity contribution in [1.29, 1.82) is 0 Å². The van der Waals surface area contributed by atoms with Crippen molar-refractivity contribution in [3.05, 3.63) is 35.1 Å². The number of halogens is 1. The molecule has 0 bridgehead atoms. The van der Waals surface area contributed by atoms with Gasteiger partial charge in [-0.1, -0.05) is 0 Å². The fourth-order valence-corrected chi connectivity index (χ4v) is 1.76. The summed E-state index contributed by atoms with van der Waals surface area (Å²) in [5, 5.41) is 19.4. The number of amides is 1. The highest BCUT2D eigenvalue weighted by Crippen LogP contribution is 2.23. The van der Waals surface area contributed by atoms with Crippen LogP contribution in [0.15, 0.2) is 18.2 Å². The molecule has 17 heavy (non-hydrogen) atoms. The normalized spacial score (nSPS) is 14.4. The Morgan fingerprint density at radius 2 is 2.12 bits per heavy atom. The fourth-order valence-electron chi connectivity index (χ4n) is 1.50. The molecule has 6 heteroatoms. The zero-order valence-corrected chi connectivity index (χ0v) is 9.90. The smallest absolute Gasteiger partial charge is 0.249 e. The summed E-state index contributed by atoms with van der Waals surface area (Å²) in [6, 6.07) is 3.25. The fraction of sp³-hybridized carbons (Fsp3) is 0.364. The molecular formula is C11H14FNO3S. The third-order valence-corrected chi connectivity index (χ3v) is 2.65. The standard InChI is InChI=1S/C11H14FNO3S/c12-6-1-2-7(11(13)16)8(5-6)10(15)9(14)3-4-17/h1-2,5,9-10,14-15,17H,3-4H2,(H2,13,16). The van der Waals surface area contributed by atoms with E-state index in [0.717, 1.165) is 12.1 Å². The number of carbonyl (C=O) groups is 1. The van der Waals surface area contributed by atoms with Gasteiger partial charge in [-0.15, -0.1) is 0 Å². The van der Waals surface area contributed by atoms with Gasteiger partial charge in [-0.2, -0.15) is 12.6 Å². The number of hydrogen-bond donors (Lipinski definition) is 4. The molecule has 0 aliphatic rings. The second-order valence-corrected chi connectivity index (χ2v) is 4.07. The molecule has 1 aromatic carbocycles. The second kappa shape index (κ2) is 6.00. The molecule has 2 unspecified atom stereocenters. The van der Waals surface area contributed by atoms with Gasteiger partial charge in [0.25, 0.3) is 0 Å². The topological polar surface area (TPSA) is 83.6 Å². The van der Waals surface area contributed by atoms with E-state index in [-0.39, 0.29) is 17.5 Å². The van der Waals surface area contributed by atoms with Crippen molar-refractivity contribution in [2.24, 2.45) is 5.73 Å². The maximum atomic E-state index is 13.1. The first-order valence-corrected chi connectivity index (χ1v) is 5.67. The number of aliphatic hydroxyl groups excluding tert-OH is 2. The van der Waals surface area contributed by atoms with Crippen LogP contribution in [-0.2, 0) is 0 Å². The van der Waals surface area contributed by atoms with E-state index in [4.69, 9.17) is 5.73 Å². The van der Waals surface area contributed by atoms with Gasteiger partial charge in [0, 0.05) is 5.56 Å². The average Bonchev–Trinajstić information content (AvgIpc) is 2.27. The molecule has 1 amide bonds. The largest absolute Gasteiger partial charge is 0.390 e. The van der Waals surface area contributed by atoms with Crippen molar-refractivity contribution in [3.63, 3.8) is 0 Å². The summed E-state index contributed by atoms with van der Waals surface area (Å²) in [4.78, 5) is 11.1. The van der Waals surface area contributed by atoms with Gasteiger partial charge in [-0.05, 0) is 35.9 Å². The molecule has 2 atom stereocenters. The summed E-state index contributed by atoms with van der Waals surface area (Å²) in [6.45, 7) is 0. The second-order valence-electron chi connectivity index (χ2n) is 3.62. The summed E-state index contributed by atoms with van der Waals surface area (Å²) in [6.07, 6.45) is -2.26. The van der Waals surface area contributed by atoms with Crippen LogP contribution >= 0.6 is 12.6 Å². The molecule has 0 spiro atoms. The summed E-state index contributed by atoms with van der Waals surface area (Å²) >= 11 is 3.92. The molecule has 1 aromatic rings. The Morgan fingerprint density at radius 1 is 1.47 bits per heavy atom. The Kier molecular flexibility index (Phi) is 4.92. The van der Waals surface area contributed by atoms with Gasteiger partial charge in [0.2, 0.25) is 5.91 Å². The van der Waals surface area contributed by atoms with Gasteiger partial charge < -0.3 is 15.9 Å². The lowest BCUT2D eigenvalue weighted by molar-refractivity contribution is 0.0166. The zero-order chi connectivity index (χ0) is 13.0. The van der Waals surface area contributed by atoms with Gasteiger partial charge in [-0.3, -0.25) is 4.79 Å². The lowest BCUT2D eigenvalue weighted by Gasteiger charge is -2.19. The third-order valence-electron chi connectivity index (χ3n) is 2.39. The summed E-state index contributed by atoms with van der Waals surface area (Å²) in [5.41, 5.74) is 5.10. The minimum atomic E-state index is -1.36. The van der Waals surface area contributed by atoms with Crippen LogP contribution < -0.4 is 5.73 Å². The molecule has 0 aromatic heterocycles. The number of rotatable bonds is 5. The molecule has 0 aliphatic carbocycles. The quantitative estimate of drug-likeness (QED) is 0.586. The third kappa shape index (κ3) is 3.42. The number of thiol groups is 1. The number of aliphatic hydroxyl groups is 2. The number of nitrogens with two attached hydrogens (primary N) is 1. The van der Waals surface area contributed by atoms with E-state index in [1.165, 1.54) is 6.07 Å². The summed E-state index contributed by atoms with van der Waals surface area (Å²) < 4.78 is 13.1. The van der Waals surface area contributed by atoms with Crippen LogP contribution in [0.2, 0.25) is 0 Å². The maximum Gasteiger partial charge on any atom is 0.249 e. The van der Waals surface area contributed by atoms with E-state index in [9.17, 15) is 19.4 Å². The van der Waals surface area contributed by atoms with Crippen molar-refractivity contribution >= 4 is 18.5 Å². The van der Waals surface area contributed by atoms with Crippen molar-refractivity contribution in [1.82, 2.24) is 0 Å². The highest BCUT2D eigenvalue weighted by molar-refractivity contribution is 7.80. The minimum absolute atomic E-state index is 0.00267. The van der Waals surface area contributed by atoms with E-state index in [1.54, 1.807) is 0 Å². The lowest BCUT2D eigenvalue weighted by atomic mass is 9.97. The van der Waals surface area contributed by atoms with Crippen molar-refractivity contribution < 1.29 is 19.4 Å². The van der Waals surface area contributed by atoms with E-state index in [0.29, 0.717) is 5.75 Å². The number of hydrogen-bond acceptors (Lipinski definition) is 4. The Balaban J connectivity index is 3.10. The molecule has 4 nitrogen and oxygen atoms in total. The van der Waals surface area contributed by atoms with E-state index < -0.39 is 23.9 Å². The first-order valence-electron chi connectivity index (χ1n) is 5.03. The first kappa shape index (κ1) is 14.0. The monoisotopic (exact) mass is 259 g/mol. The van der Waals surface area contributed by atoms with Crippen molar-refractivity contribution in [2.75, 3.05) is 5.75 Å². The van der Waals surface area contributed by atoms with Crippen LogP contribution in [-0.4, -0.2) is 28.0 Å². The predicted octanol–water partition coefficient (Wildman–Crippen LogP) is 0.639. The predicted molar refractivity (Wildman–Crippen MR) is 64.4 cm³/mol. The summed E-state index contributed by atoms with van der Waals surface area (Å²) in [5.74, 6) is -1.03. The van der Waals surface area contributed by atoms with Crippen LogP contribution in [0.1, 0.15) is 28.4 Å². The molecule has 0 saturated carbocycles. The van der Waals surface area contributed by atoms with Gasteiger partial charge in [0.05, 0.1) is 6.10 Å². The molecule has 0 fully saturated rings. The molecule has 1 rings (SSSR count). The molecule has 0 aliphatic heterocycles. The van der Waals surface area contributed by atoms with Crippen LogP contribution in [0, 0.1) is 5.82 Å². The van der Waals surface area contributed by atoms with E-state index in [2.05, 4.69) is 12.6 Å². The van der Waals surface area contributed by atoms with Gasteiger partial charge in [0.1, 0.15) is 11.9 Å². The first-order chi connectivity index (χ1) is 7.97. The molecule has 94 valence electrons. The van der Waals surface area contributed by atoms with Crippen molar-refractivity contribution in [3.8, 4) is 0 Å². The summed E-state index contributed by atoms with van der Waals surface area (Å²) in [7, 11) is 0. The Morgan fingerprint density at radius 3 is 2.65 bits per heavy atom. The molecule has 0 heterocycles. The molecule has 4 N–H and O–H groups in total. The highest BCUT2D eigenvalue weighted by atomic mass is 32.1. The number of benzene rings is 1. The maximum absolute atomic E-state index is 13.1. The Bertz CT molecular complexity index is 414. The Labute approximate surface area is 104 Å². The van der Waals surface area contributed by atoms with Gasteiger partial charge in [-0.25, -0.2) is 4.39 Å². The zero-order valence-electron chi connectivity index (χ0n) is 9.01. The highest BCUT2D eigenvalue weighted by Gasteiger charge is 2.22. The van der Waals surface area contributed by atoms with E-state index >= 15 is 0 Å². The number of carbonyl (C=O) groups excluding carboxylic acids is 1. The molecular weight excluding hydrogens is 245 g/mol. The lowest BCUT2D eigenvalue weighted by Crippen LogP contribution is -2.23. The molecule has 0 saturated heterocycles. The van der Waals surface area contributed by atoms with Crippen LogP contribution in [0.4, 0.5) is 4.39 Å². The minimum Gasteiger partial charge on any atom is -0.390 e.